The van der Waals surface area contributed by atoms with Crippen molar-refractivity contribution in [2.75, 3.05) is 37.7 Å². The van der Waals surface area contributed by atoms with Gasteiger partial charge in [0.15, 0.2) is 0 Å². The van der Waals surface area contributed by atoms with Gasteiger partial charge in [0.05, 0.1) is 12.2 Å². The van der Waals surface area contributed by atoms with E-state index in [9.17, 15) is 4.79 Å². The third kappa shape index (κ3) is 4.52. The van der Waals surface area contributed by atoms with Crippen LogP contribution in [0.25, 0.3) is 0 Å². The van der Waals surface area contributed by atoms with Crippen molar-refractivity contribution >= 4 is 11.7 Å². The highest BCUT2D eigenvalue weighted by Gasteiger charge is 2.17. The van der Waals surface area contributed by atoms with Crippen LogP contribution in [-0.4, -0.2) is 48.6 Å². The van der Waals surface area contributed by atoms with Crippen molar-refractivity contribution in [2.24, 2.45) is 5.73 Å². The van der Waals surface area contributed by atoms with Gasteiger partial charge in [0, 0.05) is 44.5 Å². The molecule has 0 aliphatic carbocycles. The summed E-state index contributed by atoms with van der Waals surface area (Å²) in [5.41, 5.74) is 6.95. The first-order chi connectivity index (χ1) is 12.7. The molecule has 6 heteroatoms. The second kappa shape index (κ2) is 8.67. The molecule has 2 heterocycles. The molecule has 138 valence electrons. The molecule has 26 heavy (non-hydrogen) atoms. The number of carbonyl (C=O) groups excluding carboxylic acids is 1. The van der Waals surface area contributed by atoms with Crippen LogP contribution in [0.1, 0.15) is 29.3 Å². The third-order valence-electron chi connectivity index (χ3n) is 4.61. The Kier molecular flexibility index (Phi) is 6.07. The lowest BCUT2D eigenvalue weighted by Gasteiger charge is -2.23. The van der Waals surface area contributed by atoms with Crippen molar-refractivity contribution in [3.63, 3.8) is 0 Å². The molecule has 0 atom stereocenters. The zero-order valence-corrected chi connectivity index (χ0v) is 15.2. The number of aromatic nitrogens is 1. The number of hydrogen-bond acceptors (Lipinski definition) is 5. The molecule has 1 aromatic heterocycles. The minimum absolute atomic E-state index is 0.442. The molecule has 1 aromatic carbocycles. The Morgan fingerprint density at radius 3 is 2.73 bits per heavy atom. The summed E-state index contributed by atoms with van der Waals surface area (Å²) in [6.45, 7) is 7.43. The molecule has 6 nitrogen and oxygen atoms in total. The van der Waals surface area contributed by atoms with E-state index < -0.39 is 5.91 Å². The normalized spacial score (nSPS) is 15.5. The minimum atomic E-state index is -0.445. The van der Waals surface area contributed by atoms with E-state index in [-0.39, 0.29) is 0 Å². The zero-order chi connectivity index (χ0) is 18.4. The van der Waals surface area contributed by atoms with Crippen LogP contribution in [0.3, 0.4) is 0 Å². The molecule has 1 amide bonds. The first-order valence-electron chi connectivity index (χ1n) is 9.11. The fourth-order valence-corrected chi connectivity index (χ4v) is 3.25. The van der Waals surface area contributed by atoms with Crippen LogP contribution >= 0.6 is 0 Å². The van der Waals surface area contributed by atoms with Crippen LogP contribution in [0.15, 0.2) is 42.6 Å². The van der Waals surface area contributed by atoms with Crippen molar-refractivity contribution < 1.29 is 9.53 Å². The summed E-state index contributed by atoms with van der Waals surface area (Å²) in [5.74, 6) is 1.42. The molecule has 2 N–H and O–H groups in total. The number of benzene rings is 1. The number of carbonyl (C=O) groups is 1. The Morgan fingerprint density at radius 1 is 1.15 bits per heavy atom. The highest BCUT2D eigenvalue weighted by molar-refractivity contribution is 5.92. The average Bonchev–Trinajstić information content (AvgIpc) is 2.89. The second-order valence-corrected chi connectivity index (χ2v) is 6.43. The predicted molar refractivity (Wildman–Crippen MR) is 102 cm³/mol. The summed E-state index contributed by atoms with van der Waals surface area (Å²) in [7, 11) is 0. The molecule has 0 bridgehead atoms. The molecule has 1 aliphatic heterocycles. The van der Waals surface area contributed by atoms with Crippen LogP contribution in [0, 0.1) is 0 Å². The van der Waals surface area contributed by atoms with Crippen molar-refractivity contribution in [3.8, 4) is 5.75 Å². The van der Waals surface area contributed by atoms with E-state index in [0.717, 1.165) is 50.7 Å². The molecular formula is C20H26N4O2. The van der Waals surface area contributed by atoms with Gasteiger partial charge in [-0.3, -0.25) is 9.69 Å². The van der Waals surface area contributed by atoms with Gasteiger partial charge < -0.3 is 15.4 Å². The van der Waals surface area contributed by atoms with Crippen molar-refractivity contribution in [1.82, 2.24) is 9.88 Å². The molecule has 2 aromatic rings. The number of rotatable bonds is 6. The van der Waals surface area contributed by atoms with E-state index >= 15 is 0 Å². The van der Waals surface area contributed by atoms with Gasteiger partial charge in [-0.1, -0.05) is 18.2 Å². The van der Waals surface area contributed by atoms with Crippen molar-refractivity contribution in [3.05, 3.63) is 53.7 Å². The summed E-state index contributed by atoms with van der Waals surface area (Å²) >= 11 is 0. The molecule has 0 saturated carbocycles. The summed E-state index contributed by atoms with van der Waals surface area (Å²) < 4.78 is 5.75. The van der Waals surface area contributed by atoms with Gasteiger partial charge in [-0.25, -0.2) is 4.98 Å². The fourth-order valence-electron chi connectivity index (χ4n) is 3.25. The van der Waals surface area contributed by atoms with Crippen LogP contribution in [0.5, 0.6) is 5.75 Å². The average molecular weight is 354 g/mol. The Bertz CT molecular complexity index is 733. The number of nitrogens with two attached hydrogens (primary N) is 1. The number of ether oxygens (including phenoxy) is 1. The highest BCUT2D eigenvalue weighted by atomic mass is 16.5. The van der Waals surface area contributed by atoms with Gasteiger partial charge in [-0.05, 0) is 31.5 Å². The molecule has 0 radical (unpaired) electrons. The molecule has 0 unspecified atom stereocenters. The van der Waals surface area contributed by atoms with Gasteiger partial charge in [-0.2, -0.15) is 0 Å². The summed E-state index contributed by atoms with van der Waals surface area (Å²) in [5, 5.41) is 0. The Morgan fingerprint density at radius 2 is 2.00 bits per heavy atom. The van der Waals surface area contributed by atoms with E-state index in [0.29, 0.717) is 12.2 Å². The minimum Gasteiger partial charge on any atom is -0.494 e. The highest BCUT2D eigenvalue weighted by Crippen LogP contribution is 2.21. The first kappa shape index (κ1) is 18.2. The number of hydrogen-bond donors (Lipinski definition) is 1. The summed E-state index contributed by atoms with van der Waals surface area (Å²) in [6.07, 6.45) is 2.62. The SMILES string of the molecule is CCOc1ccccc1CN1CCCN(c2ccc(C(N)=O)cn2)CC1. The van der Waals surface area contributed by atoms with Crippen LogP contribution in [-0.2, 0) is 6.54 Å². The van der Waals surface area contributed by atoms with E-state index in [1.807, 2.05) is 25.1 Å². The summed E-state index contributed by atoms with van der Waals surface area (Å²) in [6, 6.07) is 11.9. The molecule has 1 aliphatic rings. The number of nitrogens with zero attached hydrogens (tertiary/aromatic N) is 3. The van der Waals surface area contributed by atoms with Gasteiger partial charge in [0.2, 0.25) is 5.91 Å². The monoisotopic (exact) mass is 354 g/mol. The first-order valence-corrected chi connectivity index (χ1v) is 9.11. The lowest BCUT2D eigenvalue weighted by molar-refractivity contribution is 0.1000. The number of pyridine rings is 1. The Hall–Kier alpha value is -2.60. The summed E-state index contributed by atoms with van der Waals surface area (Å²) in [4.78, 5) is 20.3. The maximum atomic E-state index is 11.2. The van der Waals surface area contributed by atoms with E-state index in [1.54, 1.807) is 12.3 Å². The Labute approximate surface area is 154 Å². The maximum Gasteiger partial charge on any atom is 0.250 e. The van der Waals surface area contributed by atoms with E-state index in [4.69, 9.17) is 10.5 Å². The zero-order valence-electron chi connectivity index (χ0n) is 15.2. The van der Waals surface area contributed by atoms with Crippen molar-refractivity contribution in [2.45, 2.75) is 19.9 Å². The fraction of sp³-hybridized carbons (Fsp3) is 0.400. The largest absolute Gasteiger partial charge is 0.494 e. The molecule has 0 spiro atoms. The molecule has 3 rings (SSSR count). The van der Waals surface area contributed by atoms with Crippen LogP contribution in [0.2, 0.25) is 0 Å². The predicted octanol–water partition coefficient (Wildman–Crippen LogP) is 2.29. The molecule has 1 fully saturated rings. The number of anilines is 1. The third-order valence-corrected chi connectivity index (χ3v) is 4.61. The maximum absolute atomic E-state index is 11.2. The van der Waals surface area contributed by atoms with Gasteiger partial charge in [-0.15, -0.1) is 0 Å². The van der Waals surface area contributed by atoms with Gasteiger partial charge in [0.1, 0.15) is 11.6 Å². The van der Waals surface area contributed by atoms with E-state index in [1.165, 1.54) is 5.56 Å². The topological polar surface area (TPSA) is 71.7 Å². The van der Waals surface area contributed by atoms with E-state index in [2.05, 4.69) is 26.9 Å². The molecule has 1 saturated heterocycles. The van der Waals surface area contributed by atoms with Crippen molar-refractivity contribution in [1.29, 1.82) is 0 Å². The smallest absolute Gasteiger partial charge is 0.250 e. The lowest BCUT2D eigenvalue weighted by atomic mass is 10.2. The van der Waals surface area contributed by atoms with Crippen LogP contribution < -0.4 is 15.4 Å². The molecular weight excluding hydrogens is 328 g/mol. The quantitative estimate of drug-likeness (QED) is 0.862. The number of amides is 1. The Balaban J connectivity index is 1.62. The standard InChI is InChI=1S/C20H26N4O2/c1-2-26-18-7-4-3-6-17(18)15-23-10-5-11-24(13-12-23)19-9-8-16(14-22-19)20(21)25/h3-4,6-9,14H,2,5,10-13,15H2,1H3,(H2,21,25). The second-order valence-electron chi connectivity index (χ2n) is 6.43. The van der Waals surface area contributed by atoms with Gasteiger partial charge >= 0.3 is 0 Å². The van der Waals surface area contributed by atoms with Crippen LogP contribution in [0.4, 0.5) is 5.82 Å². The number of para-hydroxylation sites is 1. The number of primary amides is 1. The lowest BCUT2D eigenvalue weighted by Crippen LogP contribution is -2.31. The van der Waals surface area contributed by atoms with Gasteiger partial charge in [0.25, 0.3) is 0 Å².